The number of hydrogen-bond donors (Lipinski definition) is 0. The molecule has 0 fully saturated rings. The van der Waals surface area contributed by atoms with Crippen LogP contribution in [0.25, 0.3) is 0 Å². The number of carbonyl (C=O) groups excluding carboxylic acids is 1. The van der Waals surface area contributed by atoms with Crippen LogP contribution in [-0.2, 0) is 0 Å². The Morgan fingerprint density at radius 3 is 2.15 bits per heavy atom. The second-order valence-corrected chi connectivity index (χ2v) is 7.17. The summed E-state index contributed by atoms with van der Waals surface area (Å²) in [6, 6.07) is 7.57. The highest BCUT2D eigenvalue weighted by atomic mass is 16.5. The molecule has 26 heavy (non-hydrogen) atoms. The normalized spacial score (nSPS) is 13.5. The SMILES string of the molecule is CCCCCCCCCCCOc1ccc(C(=O)C2=CCCC=C2)cc1. The zero-order valence-electron chi connectivity index (χ0n) is 16.3. The van der Waals surface area contributed by atoms with Crippen LogP contribution in [0.1, 0.15) is 87.9 Å². The van der Waals surface area contributed by atoms with Gasteiger partial charge in [0.2, 0.25) is 0 Å². The minimum Gasteiger partial charge on any atom is -0.494 e. The van der Waals surface area contributed by atoms with E-state index in [4.69, 9.17) is 4.74 Å². The van der Waals surface area contributed by atoms with Crippen molar-refractivity contribution in [2.75, 3.05) is 6.61 Å². The molecular weight excluding hydrogens is 320 g/mol. The van der Waals surface area contributed by atoms with Gasteiger partial charge in [-0.15, -0.1) is 0 Å². The van der Waals surface area contributed by atoms with E-state index in [1.165, 1.54) is 51.4 Å². The third-order valence-corrected chi connectivity index (χ3v) is 4.89. The molecule has 0 heterocycles. The fourth-order valence-electron chi connectivity index (χ4n) is 3.25. The third-order valence-electron chi connectivity index (χ3n) is 4.89. The molecular formula is C24H34O2. The van der Waals surface area contributed by atoms with Gasteiger partial charge < -0.3 is 4.74 Å². The van der Waals surface area contributed by atoms with Crippen molar-refractivity contribution in [2.45, 2.75) is 77.6 Å². The second kappa shape index (κ2) is 12.5. The molecule has 2 nitrogen and oxygen atoms in total. The Kier molecular flexibility index (Phi) is 9.86. The summed E-state index contributed by atoms with van der Waals surface area (Å²) < 4.78 is 5.81. The molecule has 1 aromatic rings. The number of Topliss-reactive ketones (excluding diaryl/α,β-unsaturated/α-hetero) is 1. The monoisotopic (exact) mass is 354 g/mol. The lowest BCUT2D eigenvalue weighted by Gasteiger charge is -2.09. The lowest BCUT2D eigenvalue weighted by atomic mass is 9.98. The number of carbonyl (C=O) groups is 1. The van der Waals surface area contributed by atoms with E-state index >= 15 is 0 Å². The zero-order chi connectivity index (χ0) is 18.5. The highest BCUT2D eigenvalue weighted by molar-refractivity contribution is 6.10. The number of ketones is 1. The van der Waals surface area contributed by atoms with E-state index in [0.29, 0.717) is 0 Å². The van der Waals surface area contributed by atoms with Crippen molar-refractivity contribution in [3.63, 3.8) is 0 Å². The van der Waals surface area contributed by atoms with Crippen molar-refractivity contribution in [2.24, 2.45) is 0 Å². The van der Waals surface area contributed by atoms with Gasteiger partial charge >= 0.3 is 0 Å². The Hall–Kier alpha value is -1.83. The molecule has 1 aliphatic carbocycles. The number of hydrogen-bond acceptors (Lipinski definition) is 2. The fraction of sp³-hybridized carbons (Fsp3) is 0.542. The van der Waals surface area contributed by atoms with Crippen LogP contribution in [-0.4, -0.2) is 12.4 Å². The Bertz CT molecular complexity index is 581. The average Bonchev–Trinajstić information content (AvgIpc) is 2.70. The second-order valence-electron chi connectivity index (χ2n) is 7.17. The molecule has 0 aliphatic heterocycles. The molecule has 0 saturated carbocycles. The first-order chi connectivity index (χ1) is 12.8. The molecule has 0 atom stereocenters. The maximum Gasteiger partial charge on any atom is 0.192 e. The van der Waals surface area contributed by atoms with Gasteiger partial charge in [0.15, 0.2) is 5.78 Å². The van der Waals surface area contributed by atoms with E-state index in [2.05, 4.69) is 13.0 Å². The van der Waals surface area contributed by atoms with Crippen molar-refractivity contribution in [1.82, 2.24) is 0 Å². The van der Waals surface area contributed by atoms with Gasteiger partial charge in [0.05, 0.1) is 6.61 Å². The summed E-state index contributed by atoms with van der Waals surface area (Å²) in [4.78, 5) is 12.4. The lowest BCUT2D eigenvalue weighted by Crippen LogP contribution is -2.03. The van der Waals surface area contributed by atoms with Crippen LogP contribution < -0.4 is 4.74 Å². The maximum absolute atomic E-state index is 12.4. The van der Waals surface area contributed by atoms with Crippen LogP contribution in [0.15, 0.2) is 48.1 Å². The highest BCUT2D eigenvalue weighted by Gasteiger charge is 2.11. The van der Waals surface area contributed by atoms with Crippen molar-refractivity contribution >= 4 is 5.78 Å². The van der Waals surface area contributed by atoms with Crippen LogP contribution in [0.3, 0.4) is 0 Å². The largest absolute Gasteiger partial charge is 0.494 e. The smallest absolute Gasteiger partial charge is 0.192 e. The fourth-order valence-corrected chi connectivity index (χ4v) is 3.25. The summed E-state index contributed by atoms with van der Waals surface area (Å²) in [6.07, 6.45) is 19.9. The molecule has 0 bridgehead atoms. The number of allylic oxidation sites excluding steroid dienone is 4. The minimum absolute atomic E-state index is 0.103. The third kappa shape index (κ3) is 7.59. The molecule has 0 radical (unpaired) electrons. The van der Waals surface area contributed by atoms with Crippen molar-refractivity contribution in [1.29, 1.82) is 0 Å². The molecule has 0 amide bonds. The molecule has 0 N–H and O–H groups in total. The molecule has 0 unspecified atom stereocenters. The number of unbranched alkanes of at least 4 members (excludes halogenated alkanes) is 8. The summed E-state index contributed by atoms with van der Waals surface area (Å²) in [6.45, 7) is 3.02. The van der Waals surface area contributed by atoms with E-state index < -0.39 is 0 Å². The molecule has 0 saturated heterocycles. The van der Waals surface area contributed by atoms with E-state index in [9.17, 15) is 4.79 Å². The Labute approximate surface area is 159 Å². The van der Waals surface area contributed by atoms with E-state index in [1.54, 1.807) is 0 Å². The quantitative estimate of drug-likeness (QED) is 0.280. The number of ether oxygens (including phenoxy) is 1. The number of rotatable bonds is 13. The summed E-state index contributed by atoms with van der Waals surface area (Å²) in [5.74, 6) is 0.959. The van der Waals surface area contributed by atoms with E-state index in [0.717, 1.165) is 42.8 Å². The Morgan fingerprint density at radius 1 is 0.885 bits per heavy atom. The zero-order valence-corrected chi connectivity index (χ0v) is 16.3. The van der Waals surface area contributed by atoms with Crippen LogP contribution >= 0.6 is 0 Å². The van der Waals surface area contributed by atoms with Crippen LogP contribution in [0.2, 0.25) is 0 Å². The maximum atomic E-state index is 12.4. The van der Waals surface area contributed by atoms with Gasteiger partial charge in [-0.05, 0) is 43.5 Å². The van der Waals surface area contributed by atoms with Gasteiger partial charge in [0.25, 0.3) is 0 Å². The van der Waals surface area contributed by atoms with Gasteiger partial charge in [-0.3, -0.25) is 4.79 Å². The Balaban J connectivity index is 1.58. The van der Waals surface area contributed by atoms with Gasteiger partial charge in [-0.2, -0.15) is 0 Å². The first kappa shape index (κ1) is 20.5. The Morgan fingerprint density at radius 2 is 1.54 bits per heavy atom. The van der Waals surface area contributed by atoms with Crippen LogP contribution in [0, 0.1) is 0 Å². The van der Waals surface area contributed by atoms with Crippen LogP contribution in [0.5, 0.6) is 5.75 Å². The molecule has 1 aromatic carbocycles. The van der Waals surface area contributed by atoms with Gasteiger partial charge in [-0.25, -0.2) is 0 Å². The number of benzene rings is 1. The predicted octanol–water partition coefficient (Wildman–Crippen LogP) is 7.06. The van der Waals surface area contributed by atoms with Crippen LogP contribution in [0.4, 0.5) is 0 Å². The molecule has 0 aromatic heterocycles. The van der Waals surface area contributed by atoms with E-state index in [-0.39, 0.29) is 5.78 Å². The molecule has 1 aliphatic rings. The minimum atomic E-state index is 0.103. The topological polar surface area (TPSA) is 26.3 Å². The first-order valence-corrected chi connectivity index (χ1v) is 10.5. The molecule has 2 rings (SSSR count). The van der Waals surface area contributed by atoms with Crippen molar-refractivity contribution < 1.29 is 9.53 Å². The average molecular weight is 355 g/mol. The first-order valence-electron chi connectivity index (χ1n) is 10.5. The van der Waals surface area contributed by atoms with Gasteiger partial charge in [0, 0.05) is 11.1 Å². The van der Waals surface area contributed by atoms with Gasteiger partial charge in [-0.1, -0.05) is 76.5 Å². The van der Waals surface area contributed by atoms with E-state index in [1.807, 2.05) is 36.4 Å². The summed E-state index contributed by atoms with van der Waals surface area (Å²) in [7, 11) is 0. The summed E-state index contributed by atoms with van der Waals surface area (Å²) in [5.41, 5.74) is 1.54. The summed E-state index contributed by atoms with van der Waals surface area (Å²) in [5, 5.41) is 0. The lowest BCUT2D eigenvalue weighted by molar-refractivity contribution is 0.103. The molecule has 142 valence electrons. The van der Waals surface area contributed by atoms with Crippen molar-refractivity contribution in [3.8, 4) is 5.75 Å². The molecule has 0 spiro atoms. The molecule has 2 heteroatoms. The highest BCUT2D eigenvalue weighted by Crippen LogP contribution is 2.19. The predicted molar refractivity (Wildman–Crippen MR) is 110 cm³/mol. The standard InChI is InChI=1S/C24H34O2/c1-2-3-4-5-6-7-8-9-13-20-26-23-18-16-22(17-19-23)24(25)21-14-11-10-12-15-21/h11,14-19H,2-10,12-13,20H2,1H3. The van der Waals surface area contributed by atoms with Gasteiger partial charge in [0.1, 0.15) is 5.75 Å². The van der Waals surface area contributed by atoms with Crippen molar-refractivity contribution in [3.05, 3.63) is 53.6 Å². The summed E-state index contributed by atoms with van der Waals surface area (Å²) >= 11 is 0.